The molecule has 100 valence electrons. The van der Waals surface area contributed by atoms with Crippen LogP contribution in [0.25, 0.3) is 11.0 Å². The molecule has 0 spiro atoms. The van der Waals surface area contributed by atoms with Crippen molar-refractivity contribution in [1.29, 1.82) is 5.26 Å². The molecule has 0 N–H and O–H groups in total. The Bertz CT molecular complexity index is 595. The second-order valence-corrected chi connectivity index (χ2v) is 4.95. The minimum atomic E-state index is 0.485. The van der Waals surface area contributed by atoms with Gasteiger partial charge in [0.2, 0.25) is 0 Å². The zero-order valence-corrected chi connectivity index (χ0v) is 11.5. The lowest BCUT2D eigenvalue weighted by Gasteiger charge is -2.24. The van der Waals surface area contributed by atoms with Crippen LogP contribution in [0.15, 0.2) is 12.5 Å². The summed E-state index contributed by atoms with van der Waals surface area (Å²) < 4.78 is 1.73. The summed E-state index contributed by atoms with van der Waals surface area (Å²) in [5.41, 5.74) is 0.815. The summed E-state index contributed by atoms with van der Waals surface area (Å²) in [4.78, 5) is 10.8. The molecule has 2 aromatic heterocycles. The normalized spacial score (nSPS) is 10.9. The van der Waals surface area contributed by atoms with Crippen molar-refractivity contribution < 1.29 is 0 Å². The second kappa shape index (κ2) is 5.65. The number of aromatic nitrogens is 4. The highest BCUT2D eigenvalue weighted by Crippen LogP contribution is 2.23. The molecule has 0 amide bonds. The molecule has 6 heteroatoms. The minimum absolute atomic E-state index is 0.485. The summed E-state index contributed by atoms with van der Waals surface area (Å²) in [6, 6.07) is 2.19. The molecule has 2 aromatic rings. The average Bonchev–Trinajstić information content (AvgIpc) is 2.76. The third-order valence-electron chi connectivity index (χ3n) is 2.89. The van der Waals surface area contributed by atoms with E-state index in [2.05, 4.69) is 39.9 Å². The first-order chi connectivity index (χ1) is 9.13. The Morgan fingerprint density at radius 1 is 1.42 bits per heavy atom. The molecular weight excluding hydrogens is 240 g/mol. The molecule has 0 aromatic carbocycles. The number of aryl methyl sites for hydroxylation is 1. The van der Waals surface area contributed by atoms with Crippen LogP contribution >= 0.6 is 0 Å². The van der Waals surface area contributed by atoms with Gasteiger partial charge in [0.15, 0.2) is 5.65 Å². The third kappa shape index (κ3) is 2.81. The van der Waals surface area contributed by atoms with Gasteiger partial charge in [0, 0.05) is 20.1 Å². The minimum Gasteiger partial charge on any atom is -0.355 e. The molecule has 0 bridgehead atoms. The van der Waals surface area contributed by atoms with Crippen molar-refractivity contribution >= 4 is 16.9 Å². The first kappa shape index (κ1) is 13.3. The number of anilines is 1. The molecule has 0 fully saturated rings. The van der Waals surface area contributed by atoms with Crippen LogP contribution in [0, 0.1) is 17.2 Å². The van der Waals surface area contributed by atoms with Crippen molar-refractivity contribution in [3.63, 3.8) is 0 Å². The van der Waals surface area contributed by atoms with E-state index in [4.69, 9.17) is 5.26 Å². The van der Waals surface area contributed by atoms with Gasteiger partial charge < -0.3 is 4.90 Å². The van der Waals surface area contributed by atoms with Gasteiger partial charge in [-0.25, -0.2) is 9.97 Å². The van der Waals surface area contributed by atoms with Gasteiger partial charge >= 0.3 is 0 Å². The van der Waals surface area contributed by atoms with Gasteiger partial charge in [-0.05, 0) is 5.92 Å². The number of rotatable bonds is 5. The van der Waals surface area contributed by atoms with Gasteiger partial charge in [-0.3, -0.25) is 4.68 Å². The van der Waals surface area contributed by atoms with Crippen molar-refractivity contribution in [1.82, 2.24) is 19.7 Å². The van der Waals surface area contributed by atoms with Gasteiger partial charge in [0.05, 0.1) is 24.1 Å². The van der Waals surface area contributed by atoms with Crippen LogP contribution < -0.4 is 4.90 Å². The monoisotopic (exact) mass is 258 g/mol. The van der Waals surface area contributed by atoms with E-state index in [9.17, 15) is 0 Å². The van der Waals surface area contributed by atoms with Gasteiger partial charge in [-0.1, -0.05) is 13.8 Å². The molecule has 2 heterocycles. The summed E-state index contributed by atoms with van der Waals surface area (Å²) in [5, 5.41) is 13.9. The summed E-state index contributed by atoms with van der Waals surface area (Å²) in [5.74, 6) is 1.36. The van der Waals surface area contributed by atoms with Gasteiger partial charge in [0.1, 0.15) is 12.1 Å². The zero-order valence-electron chi connectivity index (χ0n) is 11.5. The fraction of sp³-hybridized carbons (Fsp3) is 0.538. The summed E-state index contributed by atoms with van der Waals surface area (Å²) >= 11 is 0. The van der Waals surface area contributed by atoms with Crippen molar-refractivity contribution in [2.75, 3.05) is 18.0 Å². The predicted molar refractivity (Wildman–Crippen MR) is 73.6 cm³/mol. The number of hydrogen-bond donors (Lipinski definition) is 0. The average molecular weight is 258 g/mol. The van der Waals surface area contributed by atoms with E-state index in [-0.39, 0.29) is 0 Å². The first-order valence-electron chi connectivity index (χ1n) is 6.38. The largest absolute Gasteiger partial charge is 0.355 e. The van der Waals surface area contributed by atoms with E-state index in [1.165, 1.54) is 0 Å². The zero-order chi connectivity index (χ0) is 13.8. The predicted octanol–water partition coefficient (Wildman–Crippen LogP) is 1.74. The van der Waals surface area contributed by atoms with Crippen LogP contribution in [0.2, 0.25) is 0 Å². The SMILES string of the molecule is CC(C)CN(CCC#N)c1ncnc2c1cnn2C. The maximum absolute atomic E-state index is 8.79. The summed E-state index contributed by atoms with van der Waals surface area (Å²) in [7, 11) is 1.86. The lowest BCUT2D eigenvalue weighted by atomic mass is 10.2. The van der Waals surface area contributed by atoms with E-state index in [1.807, 2.05) is 7.05 Å². The topological polar surface area (TPSA) is 70.6 Å². The quantitative estimate of drug-likeness (QED) is 0.817. The third-order valence-corrected chi connectivity index (χ3v) is 2.89. The van der Waals surface area contributed by atoms with E-state index < -0.39 is 0 Å². The van der Waals surface area contributed by atoms with Crippen LogP contribution in [-0.4, -0.2) is 32.8 Å². The van der Waals surface area contributed by atoms with Crippen LogP contribution in [0.3, 0.4) is 0 Å². The Kier molecular flexibility index (Phi) is 3.95. The Hall–Kier alpha value is -2.16. The molecule has 6 nitrogen and oxygen atoms in total. The first-order valence-corrected chi connectivity index (χ1v) is 6.38. The highest BCUT2D eigenvalue weighted by atomic mass is 15.3. The lowest BCUT2D eigenvalue weighted by Crippen LogP contribution is -2.29. The molecule has 0 unspecified atom stereocenters. The molecule has 0 aliphatic heterocycles. The van der Waals surface area contributed by atoms with Crippen LogP contribution in [0.1, 0.15) is 20.3 Å². The van der Waals surface area contributed by atoms with Crippen LogP contribution in [-0.2, 0) is 7.05 Å². The highest BCUT2D eigenvalue weighted by molar-refractivity contribution is 5.86. The molecule has 19 heavy (non-hydrogen) atoms. The maximum atomic E-state index is 8.79. The van der Waals surface area contributed by atoms with Crippen molar-refractivity contribution in [2.45, 2.75) is 20.3 Å². The summed E-state index contributed by atoms with van der Waals surface area (Å²) in [6.07, 6.45) is 3.82. The molecule has 0 aliphatic rings. The van der Waals surface area contributed by atoms with Crippen molar-refractivity contribution in [2.24, 2.45) is 13.0 Å². The fourth-order valence-electron chi connectivity index (χ4n) is 2.11. The number of fused-ring (bicyclic) bond motifs is 1. The number of nitrogens with zero attached hydrogens (tertiary/aromatic N) is 6. The molecule has 0 aliphatic carbocycles. The Labute approximate surface area is 112 Å². The van der Waals surface area contributed by atoms with Gasteiger partial charge in [-0.15, -0.1) is 0 Å². The van der Waals surface area contributed by atoms with Crippen molar-refractivity contribution in [3.05, 3.63) is 12.5 Å². The van der Waals surface area contributed by atoms with Gasteiger partial charge in [0.25, 0.3) is 0 Å². The highest BCUT2D eigenvalue weighted by Gasteiger charge is 2.15. The molecule has 2 rings (SSSR count). The molecule has 0 atom stereocenters. The maximum Gasteiger partial charge on any atom is 0.163 e. The van der Waals surface area contributed by atoms with Crippen LogP contribution in [0.4, 0.5) is 5.82 Å². The standard InChI is InChI=1S/C13H18N6/c1-10(2)8-19(6-4-5-14)13-11-7-17-18(3)12(11)15-9-16-13/h7,9-10H,4,6,8H2,1-3H3. The number of hydrogen-bond acceptors (Lipinski definition) is 5. The molecular formula is C13H18N6. The van der Waals surface area contributed by atoms with Gasteiger partial charge in [-0.2, -0.15) is 10.4 Å². The molecule has 0 saturated heterocycles. The molecule has 0 radical (unpaired) electrons. The van der Waals surface area contributed by atoms with Crippen molar-refractivity contribution in [3.8, 4) is 6.07 Å². The van der Waals surface area contributed by atoms with E-state index in [1.54, 1.807) is 17.2 Å². The smallest absolute Gasteiger partial charge is 0.163 e. The van der Waals surface area contributed by atoms with E-state index >= 15 is 0 Å². The van der Waals surface area contributed by atoms with E-state index in [0.29, 0.717) is 18.9 Å². The number of nitriles is 1. The van der Waals surface area contributed by atoms with Crippen LogP contribution in [0.5, 0.6) is 0 Å². The Morgan fingerprint density at radius 2 is 2.21 bits per heavy atom. The Balaban J connectivity index is 2.40. The molecule has 0 saturated carbocycles. The fourth-order valence-corrected chi connectivity index (χ4v) is 2.11. The Morgan fingerprint density at radius 3 is 2.89 bits per heavy atom. The summed E-state index contributed by atoms with van der Waals surface area (Å²) in [6.45, 7) is 5.85. The van der Waals surface area contributed by atoms with E-state index in [0.717, 1.165) is 23.4 Å². The lowest BCUT2D eigenvalue weighted by molar-refractivity contribution is 0.609. The second-order valence-electron chi connectivity index (χ2n) is 4.95.